The number of H-pyrrole nitrogens is 1. The summed E-state index contributed by atoms with van der Waals surface area (Å²) in [6.45, 7) is 0.444. The van der Waals surface area contributed by atoms with E-state index in [0.29, 0.717) is 30.2 Å². The Morgan fingerprint density at radius 3 is 3.18 bits per heavy atom. The van der Waals surface area contributed by atoms with Gasteiger partial charge in [0.05, 0.1) is 28.6 Å². The van der Waals surface area contributed by atoms with Crippen molar-refractivity contribution in [2.45, 2.75) is 12.5 Å². The van der Waals surface area contributed by atoms with Gasteiger partial charge in [-0.1, -0.05) is 12.1 Å². The summed E-state index contributed by atoms with van der Waals surface area (Å²) in [5.41, 5.74) is 2.77. The second kappa shape index (κ2) is 5.15. The fraction of sp³-hybridized carbons (Fsp3) is 0.188. The molecule has 22 heavy (non-hydrogen) atoms. The Labute approximate surface area is 130 Å². The number of rotatable bonds is 2. The van der Waals surface area contributed by atoms with Gasteiger partial charge in [-0.2, -0.15) is 0 Å². The summed E-state index contributed by atoms with van der Waals surface area (Å²) in [5, 5.41) is 14.8. The van der Waals surface area contributed by atoms with E-state index in [1.54, 1.807) is 23.5 Å². The van der Waals surface area contributed by atoms with E-state index in [9.17, 15) is 9.90 Å². The van der Waals surface area contributed by atoms with E-state index in [-0.39, 0.29) is 5.91 Å². The van der Waals surface area contributed by atoms with Crippen LogP contribution in [0, 0.1) is 0 Å². The number of fused-ring (bicyclic) bond motifs is 2. The number of aliphatic hydroxyl groups is 1. The summed E-state index contributed by atoms with van der Waals surface area (Å²) in [4.78, 5) is 15.5. The Morgan fingerprint density at radius 2 is 2.32 bits per heavy atom. The lowest BCUT2D eigenvalue weighted by Gasteiger charge is -2.24. The molecule has 4 rings (SSSR count). The Hall–Kier alpha value is -2.31. The van der Waals surface area contributed by atoms with Crippen LogP contribution < -0.4 is 10.1 Å². The standard InChI is InChI=1S/C16H14N2O3S/c19-13-4-6-21-15-9(13)2-1-3-11(15)18-16(20)12-8-14-10(17-12)5-7-22-14/h1-3,5,7-8,13,17,19H,4,6H2,(H,18,20). The molecule has 1 unspecified atom stereocenters. The monoisotopic (exact) mass is 314 g/mol. The van der Waals surface area contributed by atoms with Crippen LogP contribution in [0.15, 0.2) is 35.7 Å². The number of nitrogens with one attached hydrogen (secondary N) is 2. The molecule has 6 heteroatoms. The molecule has 1 atom stereocenters. The molecule has 112 valence electrons. The normalized spacial score (nSPS) is 17.0. The van der Waals surface area contributed by atoms with Crippen molar-refractivity contribution in [1.29, 1.82) is 0 Å². The van der Waals surface area contributed by atoms with Crippen molar-refractivity contribution < 1.29 is 14.6 Å². The SMILES string of the molecule is O=C(Nc1cccc2c1OCCC2O)c1cc2sccc2[nH]1. The zero-order chi connectivity index (χ0) is 15.1. The molecule has 0 fully saturated rings. The average molecular weight is 314 g/mol. The molecule has 3 heterocycles. The third-order valence-corrected chi connectivity index (χ3v) is 4.64. The fourth-order valence-corrected chi connectivity index (χ4v) is 3.45. The smallest absolute Gasteiger partial charge is 0.272 e. The molecule has 2 aromatic heterocycles. The number of hydrogen-bond donors (Lipinski definition) is 3. The second-order valence-electron chi connectivity index (χ2n) is 5.21. The summed E-state index contributed by atoms with van der Waals surface area (Å²) in [6.07, 6.45) is 0.0218. The Morgan fingerprint density at radius 1 is 1.41 bits per heavy atom. The lowest BCUT2D eigenvalue weighted by atomic mass is 10.0. The van der Waals surface area contributed by atoms with Crippen molar-refractivity contribution in [2.24, 2.45) is 0 Å². The van der Waals surface area contributed by atoms with Crippen molar-refractivity contribution >= 4 is 33.1 Å². The number of aliphatic hydroxyl groups excluding tert-OH is 1. The van der Waals surface area contributed by atoms with Gasteiger partial charge in [0.2, 0.25) is 0 Å². The summed E-state index contributed by atoms with van der Waals surface area (Å²) in [6, 6.07) is 9.18. The van der Waals surface area contributed by atoms with Gasteiger partial charge in [0.1, 0.15) is 11.4 Å². The molecule has 0 spiro atoms. The average Bonchev–Trinajstić information content (AvgIpc) is 3.09. The maximum absolute atomic E-state index is 12.4. The molecule has 0 saturated heterocycles. The predicted molar refractivity (Wildman–Crippen MR) is 85.6 cm³/mol. The minimum absolute atomic E-state index is 0.222. The van der Waals surface area contributed by atoms with Crippen LogP contribution >= 0.6 is 11.3 Å². The van der Waals surface area contributed by atoms with Gasteiger partial charge < -0.3 is 20.1 Å². The largest absolute Gasteiger partial charge is 0.491 e. The molecule has 5 nitrogen and oxygen atoms in total. The molecule has 0 aliphatic carbocycles. The Balaban J connectivity index is 1.64. The van der Waals surface area contributed by atoms with Gasteiger partial charge in [-0.15, -0.1) is 11.3 Å². The van der Waals surface area contributed by atoms with Gasteiger partial charge in [0.25, 0.3) is 5.91 Å². The van der Waals surface area contributed by atoms with E-state index in [1.807, 2.05) is 23.6 Å². The number of aromatic amines is 1. The fourth-order valence-electron chi connectivity index (χ4n) is 2.67. The number of hydrogen-bond acceptors (Lipinski definition) is 4. The number of para-hydroxylation sites is 1. The lowest BCUT2D eigenvalue weighted by Crippen LogP contribution is -2.18. The molecule has 3 aromatic rings. The number of anilines is 1. The first-order valence-electron chi connectivity index (χ1n) is 7.04. The second-order valence-corrected chi connectivity index (χ2v) is 6.16. The Kier molecular flexibility index (Phi) is 3.13. The van der Waals surface area contributed by atoms with E-state index >= 15 is 0 Å². The van der Waals surface area contributed by atoms with E-state index in [2.05, 4.69) is 10.3 Å². The third-order valence-electron chi connectivity index (χ3n) is 3.77. The summed E-state index contributed by atoms with van der Waals surface area (Å²) in [5.74, 6) is 0.337. The third kappa shape index (κ3) is 2.17. The molecule has 1 aromatic carbocycles. The van der Waals surface area contributed by atoms with Crippen molar-refractivity contribution in [3.63, 3.8) is 0 Å². The van der Waals surface area contributed by atoms with E-state index in [4.69, 9.17) is 4.74 Å². The highest BCUT2D eigenvalue weighted by molar-refractivity contribution is 7.17. The zero-order valence-corrected chi connectivity index (χ0v) is 12.4. The van der Waals surface area contributed by atoms with Crippen LogP contribution in [0.25, 0.3) is 10.2 Å². The summed E-state index contributed by atoms with van der Waals surface area (Å²) in [7, 11) is 0. The van der Waals surface area contributed by atoms with Crippen LogP contribution in [0.2, 0.25) is 0 Å². The lowest BCUT2D eigenvalue weighted by molar-refractivity contribution is 0.101. The number of thiophene rings is 1. The molecule has 1 aliphatic rings. The highest BCUT2D eigenvalue weighted by Crippen LogP contribution is 2.38. The zero-order valence-electron chi connectivity index (χ0n) is 11.6. The van der Waals surface area contributed by atoms with Crippen LogP contribution in [-0.2, 0) is 0 Å². The van der Waals surface area contributed by atoms with Crippen LogP contribution in [-0.4, -0.2) is 22.6 Å². The first kappa shape index (κ1) is 13.4. The molecular weight excluding hydrogens is 300 g/mol. The molecule has 1 amide bonds. The van der Waals surface area contributed by atoms with Gasteiger partial charge in [0.15, 0.2) is 0 Å². The molecule has 3 N–H and O–H groups in total. The first-order valence-corrected chi connectivity index (χ1v) is 7.91. The molecule has 0 bridgehead atoms. The van der Waals surface area contributed by atoms with Crippen molar-refractivity contribution in [3.8, 4) is 5.75 Å². The molecule has 0 saturated carbocycles. The maximum Gasteiger partial charge on any atom is 0.272 e. The van der Waals surface area contributed by atoms with Gasteiger partial charge in [-0.3, -0.25) is 4.79 Å². The van der Waals surface area contributed by atoms with Crippen molar-refractivity contribution in [1.82, 2.24) is 4.98 Å². The molecule has 1 aliphatic heterocycles. The van der Waals surface area contributed by atoms with Crippen LogP contribution in [0.4, 0.5) is 5.69 Å². The Bertz CT molecular complexity index is 824. The number of benzene rings is 1. The summed E-state index contributed by atoms with van der Waals surface area (Å²) < 4.78 is 6.67. The minimum Gasteiger partial charge on any atom is -0.491 e. The van der Waals surface area contributed by atoms with Crippen LogP contribution in [0.3, 0.4) is 0 Å². The molecule has 0 radical (unpaired) electrons. The quantitative estimate of drug-likeness (QED) is 0.679. The number of aromatic nitrogens is 1. The van der Waals surface area contributed by atoms with E-state index in [1.165, 1.54) is 0 Å². The van der Waals surface area contributed by atoms with Crippen molar-refractivity contribution in [2.75, 3.05) is 11.9 Å². The minimum atomic E-state index is -0.545. The van der Waals surface area contributed by atoms with Gasteiger partial charge >= 0.3 is 0 Å². The highest BCUT2D eigenvalue weighted by atomic mass is 32.1. The number of carbonyl (C=O) groups is 1. The molecular formula is C16H14N2O3S. The maximum atomic E-state index is 12.4. The van der Waals surface area contributed by atoms with E-state index < -0.39 is 6.10 Å². The van der Waals surface area contributed by atoms with Gasteiger partial charge in [0, 0.05) is 12.0 Å². The predicted octanol–water partition coefficient (Wildman–Crippen LogP) is 3.30. The highest BCUT2D eigenvalue weighted by Gasteiger charge is 2.23. The van der Waals surface area contributed by atoms with Gasteiger partial charge in [-0.25, -0.2) is 0 Å². The summed E-state index contributed by atoms with van der Waals surface area (Å²) >= 11 is 1.59. The number of carbonyl (C=O) groups excluding carboxylic acids is 1. The van der Waals surface area contributed by atoms with E-state index in [0.717, 1.165) is 15.8 Å². The van der Waals surface area contributed by atoms with Crippen LogP contribution in [0.1, 0.15) is 28.6 Å². The number of amides is 1. The van der Waals surface area contributed by atoms with Crippen LogP contribution in [0.5, 0.6) is 5.75 Å². The van der Waals surface area contributed by atoms with Crippen molar-refractivity contribution in [3.05, 3.63) is 47.0 Å². The number of ether oxygens (including phenoxy) is 1. The first-order chi connectivity index (χ1) is 10.7. The van der Waals surface area contributed by atoms with Gasteiger partial charge in [-0.05, 0) is 23.6 Å². The topological polar surface area (TPSA) is 74.3 Å².